The molecule has 114 valence electrons. The van der Waals surface area contributed by atoms with Crippen molar-refractivity contribution in [1.82, 2.24) is 4.90 Å². The normalized spacial score (nSPS) is 14.9. The lowest BCUT2D eigenvalue weighted by molar-refractivity contribution is 0.275. The average Bonchev–Trinajstić information content (AvgIpc) is 2.57. The number of benzene rings is 2. The van der Waals surface area contributed by atoms with Gasteiger partial charge in [0.25, 0.3) is 0 Å². The van der Waals surface area contributed by atoms with Crippen LogP contribution in [0.1, 0.15) is 36.8 Å². The van der Waals surface area contributed by atoms with Crippen molar-refractivity contribution in [2.24, 2.45) is 0 Å². The first-order chi connectivity index (χ1) is 10.9. The van der Waals surface area contributed by atoms with Gasteiger partial charge in [-0.15, -0.1) is 0 Å². The molecule has 0 radical (unpaired) electrons. The minimum Gasteiger partial charge on any atom is -0.291 e. The van der Waals surface area contributed by atoms with Gasteiger partial charge < -0.3 is 0 Å². The number of nitrogens with zero attached hydrogens (tertiary/aromatic N) is 1. The first-order valence-electron chi connectivity index (χ1n) is 8.38. The monoisotopic (exact) mass is 291 g/mol. The van der Waals surface area contributed by atoms with Gasteiger partial charge in [-0.05, 0) is 36.8 Å². The van der Waals surface area contributed by atoms with Gasteiger partial charge >= 0.3 is 0 Å². The summed E-state index contributed by atoms with van der Waals surface area (Å²) in [5.41, 5.74) is 4.42. The zero-order chi connectivity index (χ0) is 15.0. The lowest BCUT2D eigenvalue weighted by Crippen LogP contribution is -2.25. The molecule has 1 nitrogen and oxygen atoms in total. The predicted molar refractivity (Wildman–Crippen MR) is 93.5 cm³/mol. The zero-order valence-electron chi connectivity index (χ0n) is 13.2. The fourth-order valence-corrected chi connectivity index (χ4v) is 3.19. The molecule has 0 bridgehead atoms. The van der Waals surface area contributed by atoms with E-state index in [4.69, 9.17) is 0 Å². The molecule has 1 aliphatic carbocycles. The van der Waals surface area contributed by atoms with E-state index < -0.39 is 0 Å². The summed E-state index contributed by atoms with van der Waals surface area (Å²) >= 11 is 0. The average molecular weight is 291 g/mol. The molecule has 3 rings (SSSR count). The maximum atomic E-state index is 2.57. The smallest absolute Gasteiger partial charge is 0.0240 e. The third kappa shape index (κ3) is 4.57. The van der Waals surface area contributed by atoms with Gasteiger partial charge in [0, 0.05) is 19.6 Å². The minimum absolute atomic E-state index is 1.02. The van der Waals surface area contributed by atoms with Gasteiger partial charge in [-0.2, -0.15) is 0 Å². The highest BCUT2D eigenvalue weighted by Gasteiger charge is 2.11. The summed E-state index contributed by atoms with van der Waals surface area (Å²) in [4.78, 5) is 2.57. The van der Waals surface area contributed by atoms with Crippen molar-refractivity contribution in [1.29, 1.82) is 0 Å². The Hall–Kier alpha value is -1.86. The van der Waals surface area contributed by atoms with Crippen molar-refractivity contribution >= 4 is 0 Å². The van der Waals surface area contributed by atoms with Crippen LogP contribution in [0.2, 0.25) is 0 Å². The molecule has 22 heavy (non-hydrogen) atoms. The molecule has 0 aromatic heterocycles. The standard InChI is InChI=1S/C21H25N/c1-4-10-19(11-5-1)16-22(17-20-12-6-2-7-13-20)18-21-14-8-3-9-15-21/h1-2,4-7,10-14H,3,8-9,15-18H2. The number of allylic oxidation sites excluding steroid dienone is 1. The number of hydrogen-bond donors (Lipinski definition) is 0. The molecular formula is C21H25N. The third-order valence-electron chi connectivity index (χ3n) is 4.31. The second-order valence-electron chi connectivity index (χ2n) is 6.22. The van der Waals surface area contributed by atoms with E-state index in [0.29, 0.717) is 0 Å². The molecule has 0 aliphatic heterocycles. The Morgan fingerprint density at radius 3 is 1.77 bits per heavy atom. The molecule has 0 unspecified atom stereocenters. The van der Waals surface area contributed by atoms with Crippen LogP contribution in [0.25, 0.3) is 0 Å². The highest BCUT2D eigenvalue weighted by atomic mass is 15.1. The Morgan fingerprint density at radius 2 is 1.27 bits per heavy atom. The van der Waals surface area contributed by atoms with Crippen LogP contribution < -0.4 is 0 Å². The van der Waals surface area contributed by atoms with Crippen molar-refractivity contribution in [3.05, 3.63) is 83.4 Å². The van der Waals surface area contributed by atoms with E-state index in [1.807, 2.05) is 0 Å². The SMILES string of the molecule is C1=C(CN(Cc2ccccc2)Cc2ccccc2)CCCC1. The Labute approximate surface area is 134 Å². The van der Waals surface area contributed by atoms with Crippen LogP contribution in [-0.2, 0) is 13.1 Å². The van der Waals surface area contributed by atoms with Gasteiger partial charge in [-0.1, -0.05) is 72.3 Å². The zero-order valence-corrected chi connectivity index (χ0v) is 13.2. The summed E-state index contributed by atoms with van der Waals surface area (Å²) in [6, 6.07) is 21.6. The second-order valence-corrected chi connectivity index (χ2v) is 6.22. The van der Waals surface area contributed by atoms with Crippen LogP contribution in [0.5, 0.6) is 0 Å². The van der Waals surface area contributed by atoms with Gasteiger partial charge in [0.2, 0.25) is 0 Å². The van der Waals surface area contributed by atoms with Crippen molar-refractivity contribution in [2.45, 2.75) is 38.8 Å². The molecule has 0 saturated heterocycles. The fourth-order valence-electron chi connectivity index (χ4n) is 3.19. The first kappa shape index (κ1) is 15.1. The Bertz CT molecular complexity index is 544. The van der Waals surface area contributed by atoms with Crippen LogP contribution in [0.3, 0.4) is 0 Å². The first-order valence-corrected chi connectivity index (χ1v) is 8.38. The van der Waals surface area contributed by atoms with Crippen LogP contribution in [0.4, 0.5) is 0 Å². The predicted octanol–water partition coefficient (Wildman–Crippen LogP) is 5.19. The van der Waals surface area contributed by atoms with E-state index in [9.17, 15) is 0 Å². The Balaban J connectivity index is 1.71. The van der Waals surface area contributed by atoms with Gasteiger partial charge in [-0.25, -0.2) is 0 Å². The van der Waals surface area contributed by atoms with Gasteiger partial charge in [0.05, 0.1) is 0 Å². The van der Waals surface area contributed by atoms with Crippen LogP contribution in [0, 0.1) is 0 Å². The van der Waals surface area contributed by atoms with Crippen molar-refractivity contribution < 1.29 is 0 Å². The van der Waals surface area contributed by atoms with Crippen LogP contribution in [0.15, 0.2) is 72.3 Å². The van der Waals surface area contributed by atoms with E-state index >= 15 is 0 Å². The summed E-state index contributed by atoms with van der Waals surface area (Å²) in [7, 11) is 0. The van der Waals surface area contributed by atoms with Gasteiger partial charge in [0.15, 0.2) is 0 Å². The summed E-state index contributed by atoms with van der Waals surface area (Å²) in [5, 5.41) is 0. The fraction of sp³-hybridized carbons (Fsp3) is 0.333. The molecule has 2 aromatic carbocycles. The van der Waals surface area contributed by atoms with E-state index in [1.54, 1.807) is 5.57 Å². The molecule has 0 N–H and O–H groups in total. The largest absolute Gasteiger partial charge is 0.291 e. The Morgan fingerprint density at radius 1 is 0.682 bits per heavy atom. The molecule has 0 saturated carbocycles. The summed E-state index contributed by atoms with van der Waals surface area (Å²) in [6.07, 6.45) is 7.73. The highest BCUT2D eigenvalue weighted by Crippen LogP contribution is 2.20. The molecule has 1 aliphatic rings. The highest BCUT2D eigenvalue weighted by molar-refractivity contribution is 5.18. The van der Waals surface area contributed by atoms with Gasteiger partial charge in [-0.3, -0.25) is 4.90 Å². The van der Waals surface area contributed by atoms with Crippen molar-refractivity contribution in [3.63, 3.8) is 0 Å². The molecule has 0 spiro atoms. The lowest BCUT2D eigenvalue weighted by atomic mass is 9.99. The molecule has 0 amide bonds. The van der Waals surface area contributed by atoms with E-state index in [0.717, 1.165) is 19.6 Å². The molecular weight excluding hydrogens is 266 g/mol. The van der Waals surface area contributed by atoms with Crippen LogP contribution >= 0.6 is 0 Å². The van der Waals surface area contributed by atoms with Crippen molar-refractivity contribution in [3.8, 4) is 0 Å². The molecule has 0 fully saturated rings. The lowest BCUT2D eigenvalue weighted by Gasteiger charge is -2.25. The van der Waals surface area contributed by atoms with E-state index in [2.05, 4.69) is 71.6 Å². The maximum absolute atomic E-state index is 2.57. The quantitative estimate of drug-likeness (QED) is 0.662. The summed E-state index contributed by atoms with van der Waals surface area (Å²) in [6.45, 7) is 3.14. The topological polar surface area (TPSA) is 3.24 Å². The summed E-state index contributed by atoms with van der Waals surface area (Å²) in [5.74, 6) is 0. The van der Waals surface area contributed by atoms with E-state index in [1.165, 1.54) is 36.8 Å². The number of rotatable bonds is 6. The Kier molecular flexibility index (Phi) is 5.44. The minimum atomic E-state index is 1.02. The summed E-state index contributed by atoms with van der Waals surface area (Å²) < 4.78 is 0. The molecule has 1 heteroatoms. The molecule has 2 aromatic rings. The second kappa shape index (κ2) is 7.95. The number of hydrogen-bond acceptors (Lipinski definition) is 1. The maximum Gasteiger partial charge on any atom is 0.0240 e. The third-order valence-corrected chi connectivity index (χ3v) is 4.31. The van der Waals surface area contributed by atoms with Crippen LogP contribution in [-0.4, -0.2) is 11.4 Å². The van der Waals surface area contributed by atoms with Gasteiger partial charge in [0.1, 0.15) is 0 Å². The molecule has 0 atom stereocenters. The van der Waals surface area contributed by atoms with E-state index in [-0.39, 0.29) is 0 Å². The molecule has 0 heterocycles. The van der Waals surface area contributed by atoms with Crippen molar-refractivity contribution in [2.75, 3.05) is 6.54 Å².